The Bertz CT molecular complexity index is 417. The van der Waals surface area contributed by atoms with Gasteiger partial charge >= 0.3 is 0 Å². The number of amides is 1. The fourth-order valence-electron chi connectivity index (χ4n) is 1.70. The van der Waals surface area contributed by atoms with Crippen LogP contribution in [0.2, 0.25) is 0 Å². The highest BCUT2D eigenvalue weighted by molar-refractivity contribution is 7.92. The number of piperidine rings is 1. The first-order valence-corrected chi connectivity index (χ1v) is 7.23. The summed E-state index contributed by atoms with van der Waals surface area (Å²) in [7, 11) is -3.47. The van der Waals surface area contributed by atoms with Crippen LogP contribution in [0.1, 0.15) is 19.8 Å². The number of hydrogen-bond donors (Lipinski definition) is 0. The standard InChI is InChI=1S/C11H17NO4S/c1-3-8-17(15,16)9(2)11(14)12-6-4-10(13)5-7-12/h3,9H,1,4-8H2,2H3. The van der Waals surface area contributed by atoms with Crippen LogP contribution in [-0.4, -0.2) is 49.1 Å². The molecule has 1 unspecified atom stereocenters. The molecule has 1 aliphatic rings. The second-order valence-corrected chi connectivity index (χ2v) is 6.49. The van der Waals surface area contributed by atoms with Crippen molar-refractivity contribution in [2.24, 2.45) is 0 Å². The molecule has 17 heavy (non-hydrogen) atoms. The van der Waals surface area contributed by atoms with Crippen molar-refractivity contribution in [3.8, 4) is 0 Å². The molecule has 1 fully saturated rings. The fraction of sp³-hybridized carbons (Fsp3) is 0.636. The first-order valence-electron chi connectivity index (χ1n) is 5.51. The Morgan fingerprint density at radius 3 is 2.47 bits per heavy atom. The van der Waals surface area contributed by atoms with E-state index >= 15 is 0 Å². The molecule has 0 aromatic heterocycles. The maximum absolute atomic E-state index is 11.9. The smallest absolute Gasteiger partial charge is 0.240 e. The molecule has 1 rings (SSSR count). The maximum atomic E-state index is 11.9. The van der Waals surface area contributed by atoms with Crippen molar-refractivity contribution in [2.45, 2.75) is 25.0 Å². The van der Waals surface area contributed by atoms with Gasteiger partial charge in [-0.1, -0.05) is 6.08 Å². The maximum Gasteiger partial charge on any atom is 0.240 e. The minimum absolute atomic E-state index is 0.121. The van der Waals surface area contributed by atoms with Gasteiger partial charge in [-0.3, -0.25) is 9.59 Å². The molecule has 0 radical (unpaired) electrons. The third-order valence-electron chi connectivity index (χ3n) is 2.87. The van der Waals surface area contributed by atoms with Crippen molar-refractivity contribution in [1.82, 2.24) is 4.90 Å². The zero-order valence-electron chi connectivity index (χ0n) is 9.89. The van der Waals surface area contributed by atoms with Gasteiger partial charge in [-0.2, -0.15) is 0 Å². The van der Waals surface area contributed by atoms with E-state index in [-0.39, 0.29) is 11.5 Å². The number of ketones is 1. The van der Waals surface area contributed by atoms with E-state index in [0.29, 0.717) is 25.9 Å². The number of nitrogens with zero attached hydrogens (tertiary/aromatic N) is 1. The normalized spacial score (nSPS) is 18.9. The summed E-state index contributed by atoms with van der Waals surface area (Å²) in [6, 6.07) is 0. The topological polar surface area (TPSA) is 71.5 Å². The van der Waals surface area contributed by atoms with Crippen LogP contribution in [0.3, 0.4) is 0 Å². The van der Waals surface area contributed by atoms with Gasteiger partial charge in [0.1, 0.15) is 11.0 Å². The molecule has 0 aromatic carbocycles. The predicted molar refractivity (Wildman–Crippen MR) is 64.3 cm³/mol. The van der Waals surface area contributed by atoms with Gasteiger partial charge in [-0.15, -0.1) is 6.58 Å². The second-order valence-electron chi connectivity index (χ2n) is 4.12. The van der Waals surface area contributed by atoms with Crippen LogP contribution < -0.4 is 0 Å². The van der Waals surface area contributed by atoms with E-state index in [4.69, 9.17) is 0 Å². The van der Waals surface area contributed by atoms with Gasteiger partial charge < -0.3 is 4.90 Å². The average molecular weight is 259 g/mol. The lowest BCUT2D eigenvalue weighted by molar-refractivity contribution is -0.133. The fourth-order valence-corrected chi connectivity index (χ4v) is 2.77. The molecular weight excluding hydrogens is 242 g/mol. The van der Waals surface area contributed by atoms with Crippen molar-refractivity contribution in [3.05, 3.63) is 12.7 Å². The third-order valence-corrected chi connectivity index (χ3v) is 4.85. The zero-order valence-corrected chi connectivity index (χ0v) is 10.7. The van der Waals surface area contributed by atoms with Crippen molar-refractivity contribution in [2.75, 3.05) is 18.8 Å². The minimum atomic E-state index is -3.47. The summed E-state index contributed by atoms with van der Waals surface area (Å²) in [6.45, 7) is 5.40. The van der Waals surface area contributed by atoms with Gasteiger partial charge in [-0.05, 0) is 6.92 Å². The van der Waals surface area contributed by atoms with Crippen molar-refractivity contribution in [1.29, 1.82) is 0 Å². The van der Waals surface area contributed by atoms with Gasteiger partial charge in [0.2, 0.25) is 5.91 Å². The molecule has 1 heterocycles. The molecule has 5 nitrogen and oxygen atoms in total. The predicted octanol–water partition coefficient (Wildman–Crippen LogP) is 0.167. The summed E-state index contributed by atoms with van der Waals surface area (Å²) in [6.07, 6.45) is 1.92. The molecule has 0 aliphatic carbocycles. The number of likely N-dealkylation sites (tertiary alicyclic amines) is 1. The lowest BCUT2D eigenvalue weighted by Crippen LogP contribution is -2.45. The first kappa shape index (κ1) is 13.9. The molecule has 0 spiro atoms. The first-order chi connectivity index (χ1) is 7.88. The molecule has 1 atom stereocenters. The summed E-state index contributed by atoms with van der Waals surface area (Å²) in [5.41, 5.74) is 0. The van der Waals surface area contributed by atoms with Gasteiger partial charge in [0.05, 0.1) is 5.75 Å². The zero-order chi connectivity index (χ0) is 13.1. The highest BCUT2D eigenvalue weighted by Gasteiger charge is 2.32. The molecule has 1 saturated heterocycles. The van der Waals surface area contributed by atoms with Gasteiger partial charge in [0.25, 0.3) is 0 Å². The quantitative estimate of drug-likeness (QED) is 0.675. The minimum Gasteiger partial charge on any atom is -0.341 e. The number of sulfone groups is 1. The van der Waals surface area contributed by atoms with E-state index in [1.54, 1.807) is 0 Å². The Balaban J connectivity index is 2.70. The number of Topliss-reactive ketones (excluding diaryl/α,β-unsaturated/α-hetero) is 1. The molecule has 0 aromatic rings. The lowest BCUT2D eigenvalue weighted by Gasteiger charge is -2.28. The monoisotopic (exact) mass is 259 g/mol. The Hall–Kier alpha value is -1.17. The Labute approximate surface area is 101 Å². The number of hydrogen-bond acceptors (Lipinski definition) is 4. The largest absolute Gasteiger partial charge is 0.341 e. The summed E-state index contributed by atoms with van der Waals surface area (Å²) in [4.78, 5) is 24.4. The SMILES string of the molecule is C=CCS(=O)(=O)C(C)C(=O)N1CCC(=O)CC1. The molecule has 96 valence electrons. The van der Waals surface area contributed by atoms with Crippen LogP contribution in [-0.2, 0) is 19.4 Å². The Morgan fingerprint density at radius 1 is 1.47 bits per heavy atom. The van der Waals surface area contributed by atoms with Gasteiger partial charge in [0.15, 0.2) is 9.84 Å². The number of rotatable bonds is 4. The van der Waals surface area contributed by atoms with Crippen LogP contribution in [0.4, 0.5) is 0 Å². The summed E-state index contributed by atoms with van der Waals surface area (Å²) < 4.78 is 23.4. The van der Waals surface area contributed by atoms with E-state index in [2.05, 4.69) is 6.58 Å². The number of carbonyl (C=O) groups excluding carboxylic acids is 2. The van der Waals surface area contributed by atoms with Gasteiger partial charge in [0, 0.05) is 25.9 Å². The third kappa shape index (κ3) is 3.39. The number of carbonyl (C=O) groups is 2. The molecule has 0 bridgehead atoms. The Morgan fingerprint density at radius 2 is 2.00 bits per heavy atom. The summed E-state index contributed by atoms with van der Waals surface area (Å²) in [5, 5.41) is -1.06. The van der Waals surface area contributed by atoms with E-state index in [9.17, 15) is 18.0 Å². The highest BCUT2D eigenvalue weighted by atomic mass is 32.2. The Kier molecular flexibility index (Phi) is 4.45. The molecule has 0 saturated carbocycles. The van der Waals surface area contributed by atoms with Crippen LogP contribution in [0.25, 0.3) is 0 Å². The van der Waals surface area contributed by atoms with Crippen LogP contribution in [0.5, 0.6) is 0 Å². The van der Waals surface area contributed by atoms with Crippen LogP contribution in [0.15, 0.2) is 12.7 Å². The van der Waals surface area contributed by atoms with Crippen LogP contribution >= 0.6 is 0 Å². The molecular formula is C11H17NO4S. The van der Waals surface area contributed by atoms with Crippen molar-refractivity contribution < 1.29 is 18.0 Å². The summed E-state index contributed by atoms with van der Waals surface area (Å²) in [5.74, 6) is -0.498. The van der Waals surface area contributed by atoms with E-state index in [1.165, 1.54) is 17.9 Å². The van der Waals surface area contributed by atoms with E-state index < -0.39 is 21.0 Å². The van der Waals surface area contributed by atoms with Crippen LogP contribution in [0, 0.1) is 0 Å². The van der Waals surface area contributed by atoms with Gasteiger partial charge in [-0.25, -0.2) is 8.42 Å². The highest BCUT2D eigenvalue weighted by Crippen LogP contribution is 2.12. The summed E-state index contributed by atoms with van der Waals surface area (Å²) >= 11 is 0. The molecule has 1 amide bonds. The lowest BCUT2D eigenvalue weighted by atomic mass is 10.1. The molecule has 1 aliphatic heterocycles. The average Bonchev–Trinajstić information content (AvgIpc) is 2.28. The van der Waals surface area contributed by atoms with E-state index in [1.807, 2.05) is 0 Å². The van der Waals surface area contributed by atoms with Crippen molar-refractivity contribution in [3.63, 3.8) is 0 Å². The van der Waals surface area contributed by atoms with Crippen molar-refractivity contribution >= 4 is 21.5 Å². The molecule has 0 N–H and O–H groups in total. The van der Waals surface area contributed by atoms with E-state index in [0.717, 1.165) is 0 Å². The second kappa shape index (κ2) is 5.44. The molecule has 6 heteroatoms.